The number of sulfonamides is 1. The number of hydrogen-bond donors (Lipinski definition) is 0. The molecule has 1 aromatic heterocycles. The van der Waals surface area contributed by atoms with Crippen molar-refractivity contribution in [2.24, 2.45) is 0 Å². The number of nitriles is 1. The van der Waals surface area contributed by atoms with Gasteiger partial charge in [-0.15, -0.1) is 11.3 Å². The molecule has 21 heavy (non-hydrogen) atoms. The quantitative estimate of drug-likeness (QED) is 0.820. The fourth-order valence-electron chi connectivity index (χ4n) is 1.81. The molecule has 2 aromatic rings. The summed E-state index contributed by atoms with van der Waals surface area (Å²) >= 11 is 1.44. The lowest BCUT2D eigenvalue weighted by Gasteiger charge is -2.20. The molecule has 0 unspecified atom stereocenters. The van der Waals surface area contributed by atoms with E-state index >= 15 is 0 Å². The van der Waals surface area contributed by atoms with Crippen LogP contribution in [0.5, 0.6) is 0 Å². The molecule has 0 aliphatic rings. The lowest BCUT2D eigenvalue weighted by atomic mass is 10.4. The average molecular weight is 324 g/mol. The highest BCUT2D eigenvalue weighted by Gasteiger charge is 2.25. The first-order valence-electron chi connectivity index (χ1n) is 6.19. The van der Waals surface area contributed by atoms with E-state index in [4.69, 9.17) is 5.26 Å². The fourth-order valence-corrected chi connectivity index (χ4v) is 4.06. The minimum atomic E-state index is -3.82. The molecule has 0 radical (unpaired) electrons. The van der Waals surface area contributed by atoms with Crippen molar-refractivity contribution >= 4 is 21.4 Å². The highest BCUT2D eigenvalue weighted by molar-refractivity contribution is 7.89. The van der Waals surface area contributed by atoms with Gasteiger partial charge in [0.15, 0.2) is 0 Å². The largest absolute Gasteiger partial charge is 0.243 e. The highest BCUT2D eigenvalue weighted by Crippen LogP contribution is 2.21. The van der Waals surface area contributed by atoms with Crippen molar-refractivity contribution in [1.82, 2.24) is 4.31 Å². The normalized spacial score (nSPS) is 11.5. The first-order valence-corrected chi connectivity index (χ1v) is 8.51. The molecule has 7 heteroatoms. The molecule has 0 bridgehead atoms. The summed E-state index contributed by atoms with van der Waals surface area (Å²) in [6.45, 7) is 0.255. The molecule has 0 spiro atoms. The van der Waals surface area contributed by atoms with Gasteiger partial charge in [-0.3, -0.25) is 0 Å². The monoisotopic (exact) mass is 324 g/mol. The highest BCUT2D eigenvalue weighted by atomic mass is 32.2. The molecule has 0 aliphatic heterocycles. The Kier molecular flexibility index (Phi) is 5.07. The van der Waals surface area contributed by atoms with E-state index in [0.717, 1.165) is 10.9 Å². The van der Waals surface area contributed by atoms with Crippen LogP contribution in [-0.4, -0.2) is 19.3 Å². The molecular formula is C14H13FN2O2S2. The Bertz CT molecular complexity index is 737. The zero-order chi connectivity index (χ0) is 15.3. The van der Waals surface area contributed by atoms with E-state index in [9.17, 15) is 12.8 Å². The van der Waals surface area contributed by atoms with E-state index < -0.39 is 15.8 Å². The Morgan fingerprint density at radius 1 is 1.29 bits per heavy atom. The molecule has 1 aromatic carbocycles. The van der Waals surface area contributed by atoms with Crippen molar-refractivity contribution < 1.29 is 12.8 Å². The van der Waals surface area contributed by atoms with Gasteiger partial charge in [-0.2, -0.15) is 9.57 Å². The summed E-state index contributed by atoms with van der Waals surface area (Å²) in [5, 5.41) is 10.5. The number of hydrogen-bond acceptors (Lipinski definition) is 4. The van der Waals surface area contributed by atoms with Crippen LogP contribution in [0.15, 0.2) is 46.7 Å². The molecule has 0 N–H and O–H groups in total. The van der Waals surface area contributed by atoms with Crippen molar-refractivity contribution in [2.45, 2.75) is 17.9 Å². The van der Waals surface area contributed by atoms with Crippen LogP contribution in [0.4, 0.5) is 4.39 Å². The third-order valence-electron chi connectivity index (χ3n) is 2.82. The maximum atomic E-state index is 13.3. The lowest BCUT2D eigenvalue weighted by molar-refractivity contribution is 0.415. The maximum Gasteiger partial charge on any atom is 0.243 e. The second-order valence-corrected chi connectivity index (χ2v) is 7.25. The molecule has 0 saturated carbocycles. The van der Waals surface area contributed by atoms with Gasteiger partial charge in [-0.05, 0) is 29.6 Å². The van der Waals surface area contributed by atoms with Gasteiger partial charge in [0.25, 0.3) is 0 Å². The molecule has 0 fully saturated rings. The van der Waals surface area contributed by atoms with Crippen molar-refractivity contribution in [2.75, 3.05) is 6.54 Å². The second-order valence-electron chi connectivity index (χ2n) is 4.28. The van der Waals surface area contributed by atoms with Crippen LogP contribution >= 0.6 is 11.3 Å². The third kappa shape index (κ3) is 3.88. The van der Waals surface area contributed by atoms with Crippen LogP contribution in [-0.2, 0) is 16.6 Å². The standard InChI is InChI=1S/C14H13FN2O2S2/c15-12-4-1-6-14(10-12)21(18,19)17(8-3-7-16)11-13-5-2-9-20-13/h1-2,4-6,9-10H,3,8,11H2. The van der Waals surface area contributed by atoms with E-state index in [1.54, 1.807) is 0 Å². The number of thiophene rings is 1. The third-order valence-corrected chi connectivity index (χ3v) is 5.52. The summed E-state index contributed by atoms with van der Waals surface area (Å²) in [6, 6.07) is 10.5. The van der Waals surface area contributed by atoms with Crippen LogP contribution in [0.3, 0.4) is 0 Å². The van der Waals surface area contributed by atoms with Gasteiger partial charge in [-0.1, -0.05) is 12.1 Å². The van der Waals surface area contributed by atoms with Crippen molar-refractivity contribution in [3.8, 4) is 6.07 Å². The van der Waals surface area contributed by atoms with Gasteiger partial charge < -0.3 is 0 Å². The number of rotatable bonds is 6. The summed E-state index contributed by atoms with van der Waals surface area (Å²) in [5.41, 5.74) is 0. The van der Waals surface area contributed by atoms with Gasteiger partial charge in [0.2, 0.25) is 10.0 Å². The molecule has 110 valence electrons. The summed E-state index contributed by atoms with van der Waals surface area (Å²) in [6.07, 6.45) is 0.0833. The summed E-state index contributed by atoms with van der Waals surface area (Å²) in [5.74, 6) is -0.604. The Hall–Kier alpha value is -1.75. The Morgan fingerprint density at radius 2 is 2.10 bits per heavy atom. The van der Waals surface area contributed by atoms with E-state index in [1.807, 2.05) is 23.6 Å². The Balaban J connectivity index is 2.32. The van der Waals surface area contributed by atoms with Crippen molar-refractivity contribution in [3.63, 3.8) is 0 Å². The van der Waals surface area contributed by atoms with Crippen LogP contribution in [0.2, 0.25) is 0 Å². The van der Waals surface area contributed by atoms with Gasteiger partial charge in [0.1, 0.15) is 5.82 Å². The Morgan fingerprint density at radius 3 is 2.71 bits per heavy atom. The smallest absolute Gasteiger partial charge is 0.207 e. The average Bonchev–Trinajstić information content (AvgIpc) is 2.96. The molecule has 2 rings (SSSR count). The van der Waals surface area contributed by atoms with E-state index in [2.05, 4.69) is 0 Å². The van der Waals surface area contributed by atoms with Crippen LogP contribution in [0.25, 0.3) is 0 Å². The summed E-state index contributed by atoms with van der Waals surface area (Å²) in [4.78, 5) is 0.768. The number of halogens is 1. The molecule has 0 atom stereocenters. The first-order chi connectivity index (χ1) is 10.0. The van der Waals surface area contributed by atoms with Crippen molar-refractivity contribution in [1.29, 1.82) is 5.26 Å². The van der Waals surface area contributed by atoms with Crippen LogP contribution in [0.1, 0.15) is 11.3 Å². The molecular weight excluding hydrogens is 311 g/mol. The van der Waals surface area contributed by atoms with Crippen LogP contribution < -0.4 is 0 Å². The van der Waals surface area contributed by atoms with E-state index in [0.29, 0.717) is 0 Å². The van der Waals surface area contributed by atoms with Gasteiger partial charge >= 0.3 is 0 Å². The molecule has 1 heterocycles. The Labute approximate surface area is 127 Å². The molecule has 0 aliphatic carbocycles. The lowest BCUT2D eigenvalue weighted by Crippen LogP contribution is -2.31. The van der Waals surface area contributed by atoms with Crippen LogP contribution in [0, 0.1) is 17.1 Å². The summed E-state index contributed by atoms with van der Waals surface area (Å²) in [7, 11) is -3.82. The van der Waals surface area contributed by atoms with E-state index in [-0.39, 0.29) is 24.4 Å². The van der Waals surface area contributed by atoms with Gasteiger partial charge in [-0.25, -0.2) is 12.8 Å². The predicted octanol–water partition coefficient (Wildman–Crippen LogP) is 2.99. The molecule has 4 nitrogen and oxygen atoms in total. The first kappa shape index (κ1) is 15.6. The van der Waals surface area contributed by atoms with E-state index in [1.165, 1.54) is 33.8 Å². The van der Waals surface area contributed by atoms with Crippen molar-refractivity contribution in [3.05, 3.63) is 52.5 Å². The SMILES string of the molecule is N#CCCN(Cc1cccs1)S(=O)(=O)c1cccc(F)c1. The zero-order valence-electron chi connectivity index (χ0n) is 11.1. The predicted molar refractivity (Wildman–Crippen MR) is 78.5 cm³/mol. The number of nitrogens with zero attached hydrogens (tertiary/aromatic N) is 2. The summed E-state index contributed by atoms with van der Waals surface area (Å²) < 4.78 is 39.6. The van der Waals surface area contributed by atoms with Gasteiger partial charge in [0.05, 0.1) is 11.0 Å². The second kappa shape index (κ2) is 6.80. The minimum absolute atomic E-state index is 0.0766. The number of benzene rings is 1. The minimum Gasteiger partial charge on any atom is -0.207 e. The fraction of sp³-hybridized carbons (Fsp3) is 0.214. The maximum absolute atomic E-state index is 13.3. The molecule has 0 amide bonds. The zero-order valence-corrected chi connectivity index (χ0v) is 12.7. The topological polar surface area (TPSA) is 61.2 Å². The van der Waals surface area contributed by atoms with Gasteiger partial charge in [0, 0.05) is 24.4 Å². The molecule has 0 saturated heterocycles.